The van der Waals surface area contributed by atoms with E-state index in [0.717, 1.165) is 6.54 Å². The van der Waals surface area contributed by atoms with Crippen molar-refractivity contribution in [3.05, 3.63) is 17.8 Å². The highest BCUT2D eigenvalue weighted by molar-refractivity contribution is 7.99. The molecule has 1 aliphatic rings. The van der Waals surface area contributed by atoms with Crippen molar-refractivity contribution in [1.82, 2.24) is 4.98 Å². The minimum absolute atomic E-state index is 0.361. The largest absolute Gasteiger partial charge is 0.397 e. The lowest BCUT2D eigenvalue weighted by molar-refractivity contribution is 0.100. The van der Waals surface area contributed by atoms with E-state index < -0.39 is 5.91 Å². The van der Waals surface area contributed by atoms with Gasteiger partial charge in [-0.05, 0) is 36.3 Å². The first-order valence-electron chi connectivity index (χ1n) is 6.03. The number of pyridine rings is 1. The van der Waals surface area contributed by atoms with Gasteiger partial charge in [-0.3, -0.25) is 4.79 Å². The molecule has 2 heterocycles. The van der Waals surface area contributed by atoms with Crippen molar-refractivity contribution in [2.75, 3.05) is 29.1 Å². The molecule has 1 aromatic rings. The molecule has 1 fully saturated rings. The number of hydrogen-bond donors (Lipinski definition) is 3. The molecule has 6 heteroatoms. The number of primary amides is 1. The number of nitrogens with two attached hydrogens (primary N) is 2. The molecule has 1 saturated heterocycles. The van der Waals surface area contributed by atoms with E-state index in [-0.39, 0.29) is 0 Å². The Kier molecular flexibility index (Phi) is 4.30. The molecule has 1 aromatic heterocycles. The number of anilines is 2. The Balaban J connectivity index is 2.01. The van der Waals surface area contributed by atoms with Gasteiger partial charge in [0.05, 0.1) is 17.4 Å². The lowest BCUT2D eigenvalue weighted by atomic mass is 10.0. The van der Waals surface area contributed by atoms with E-state index in [4.69, 9.17) is 11.5 Å². The number of nitrogen functional groups attached to an aromatic ring is 1. The second-order valence-electron chi connectivity index (χ2n) is 4.47. The fourth-order valence-electron chi connectivity index (χ4n) is 2.00. The molecule has 5 N–H and O–H groups in total. The van der Waals surface area contributed by atoms with Gasteiger partial charge in [0.1, 0.15) is 5.82 Å². The molecule has 0 radical (unpaired) electrons. The summed E-state index contributed by atoms with van der Waals surface area (Å²) in [6, 6.07) is 1.56. The summed E-state index contributed by atoms with van der Waals surface area (Å²) in [7, 11) is 0. The molecule has 0 unspecified atom stereocenters. The van der Waals surface area contributed by atoms with Gasteiger partial charge in [0.25, 0.3) is 5.91 Å². The van der Waals surface area contributed by atoms with Crippen LogP contribution in [-0.4, -0.2) is 28.9 Å². The topological polar surface area (TPSA) is 94.0 Å². The maximum atomic E-state index is 11.3. The van der Waals surface area contributed by atoms with Crippen LogP contribution in [0.2, 0.25) is 0 Å². The maximum absolute atomic E-state index is 11.3. The molecule has 18 heavy (non-hydrogen) atoms. The standard InChI is InChI=1S/C12H18N4OS/c13-9-5-10(11(14)17)12(16-7-9)15-6-8-1-3-18-4-2-8/h5,7-8H,1-4,6,13H2,(H2,14,17)(H,15,16). The van der Waals surface area contributed by atoms with Crippen LogP contribution in [0.3, 0.4) is 0 Å². The first-order valence-corrected chi connectivity index (χ1v) is 7.19. The van der Waals surface area contributed by atoms with Gasteiger partial charge in [0.2, 0.25) is 0 Å². The second-order valence-corrected chi connectivity index (χ2v) is 5.69. The summed E-state index contributed by atoms with van der Waals surface area (Å²) in [4.78, 5) is 15.5. The normalized spacial score (nSPS) is 16.4. The van der Waals surface area contributed by atoms with Gasteiger partial charge in [-0.1, -0.05) is 0 Å². The zero-order valence-corrected chi connectivity index (χ0v) is 11.0. The van der Waals surface area contributed by atoms with Crippen LogP contribution in [0.1, 0.15) is 23.2 Å². The van der Waals surface area contributed by atoms with Crippen LogP contribution in [-0.2, 0) is 0 Å². The number of hydrogen-bond acceptors (Lipinski definition) is 5. The molecule has 5 nitrogen and oxygen atoms in total. The summed E-state index contributed by atoms with van der Waals surface area (Å²) >= 11 is 2.00. The summed E-state index contributed by atoms with van der Waals surface area (Å²) in [6.07, 6.45) is 3.95. The Labute approximate surface area is 111 Å². The molecule has 0 aromatic carbocycles. The van der Waals surface area contributed by atoms with E-state index in [1.165, 1.54) is 30.5 Å². The molecular formula is C12H18N4OS. The molecule has 0 atom stereocenters. The van der Waals surface area contributed by atoms with Gasteiger partial charge in [-0.15, -0.1) is 0 Å². The number of thioether (sulfide) groups is 1. The van der Waals surface area contributed by atoms with E-state index in [1.807, 2.05) is 11.8 Å². The smallest absolute Gasteiger partial charge is 0.252 e. The average Bonchev–Trinajstić information content (AvgIpc) is 2.38. The van der Waals surface area contributed by atoms with Crippen LogP contribution >= 0.6 is 11.8 Å². The van der Waals surface area contributed by atoms with Crippen molar-refractivity contribution >= 4 is 29.2 Å². The summed E-state index contributed by atoms with van der Waals surface area (Å²) < 4.78 is 0. The summed E-state index contributed by atoms with van der Waals surface area (Å²) in [6.45, 7) is 0.831. The van der Waals surface area contributed by atoms with E-state index in [9.17, 15) is 4.79 Å². The van der Waals surface area contributed by atoms with E-state index in [0.29, 0.717) is 23.0 Å². The number of nitrogens with zero attached hydrogens (tertiary/aromatic N) is 1. The van der Waals surface area contributed by atoms with E-state index in [1.54, 1.807) is 6.07 Å². The zero-order valence-electron chi connectivity index (χ0n) is 10.2. The highest BCUT2D eigenvalue weighted by Gasteiger charge is 2.15. The molecule has 0 aliphatic carbocycles. The van der Waals surface area contributed by atoms with Crippen LogP contribution < -0.4 is 16.8 Å². The predicted octanol–water partition coefficient (Wildman–Crippen LogP) is 1.32. The minimum atomic E-state index is -0.503. The van der Waals surface area contributed by atoms with Gasteiger partial charge in [-0.2, -0.15) is 11.8 Å². The van der Waals surface area contributed by atoms with Gasteiger partial charge >= 0.3 is 0 Å². The zero-order chi connectivity index (χ0) is 13.0. The fourth-order valence-corrected chi connectivity index (χ4v) is 3.21. The third-order valence-electron chi connectivity index (χ3n) is 3.07. The molecule has 1 amide bonds. The van der Waals surface area contributed by atoms with Crippen molar-refractivity contribution in [2.45, 2.75) is 12.8 Å². The maximum Gasteiger partial charge on any atom is 0.252 e. The number of carbonyl (C=O) groups is 1. The summed E-state index contributed by atoms with van der Waals surface area (Å²) in [5.41, 5.74) is 11.7. The Bertz CT molecular complexity index is 432. The molecule has 2 rings (SSSR count). The van der Waals surface area contributed by atoms with Crippen LogP contribution in [0, 0.1) is 5.92 Å². The highest BCUT2D eigenvalue weighted by atomic mass is 32.2. The third-order valence-corrected chi connectivity index (χ3v) is 4.12. The molecule has 0 spiro atoms. The molecule has 1 aliphatic heterocycles. The molecule has 0 bridgehead atoms. The molecular weight excluding hydrogens is 248 g/mol. The first kappa shape index (κ1) is 13.0. The number of aromatic nitrogens is 1. The van der Waals surface area contributed by atoms with Crippen molar-refractivity contribution in [2.24, 2.45) is 11.7 Å². The van der Waals surface area contributed by atoms with Crippen LogP contribution in [0.15, 0.2) is 12.3 Å². The third kappa shape index (κ3) is 3.29. The average molecular weight is 266 g/mol. The first-order chi connectivity index (χ1) is 8.66. The highest BCUT2D eigenvalue weighted by Crippen LogP contribution is 2.23. The number of nitrogens with one attached hydrogen (secondary N) is 1. The Morgan fingerprint density at radius 1 is 1.50 bits per heavy atom. The summed E-state index contributed by atoms with van der Waals surface area (Å²) in [5.74, 6) is 3.10. The van der Waals surface area contributed by atoms with Crippen molar-refractivity contribution in [1.29, 1.82) is 0 Å². The fraction of sp³-hybridized carbons (Fsp3) is 0.500. The van der Waals surface area contributed by atoms with Crippen LogP contribution in [0.25, 0.3) is 0 Å². The minimum Gasteiger partial charge on any atom is -0.397 e. The monoisotopic (exact) mass is 266 g/mol. The second kappa shape index (κ2) is 5.95. The van der Waals surface area contributed by atoms with Gasteiger partial charge < -0.3 is 16.8 Å². The van der Waals surface area contributed by atoms with Crippen molar-refractivity contribution in [3.8, 4) is 0 Å². The van der Waals surface area contributed by atoms with E-state index >= 15 is 0 Å². The Morgan fingerprint density at radius 2 is 2.22 bits per heavy atom. The quantitative estimate of drug-likeness (QED) is 0.764. The Morgan fingerprint density at radius 3 is 2.89 bits per heavy atom. The van der Waals surface area contributed by atoms with Crippen molar-refractivity contribution < 1.29 is 4.79 Å². The summed E-state index contributed by atoms with van der Waals surface area (Å²) in [5, 5.41) is 3.21. The van der Waals surface area contributed by atoms with Gasteiger partial charge in [0, 0.05) is 6.54 Å². The molecule has 98 valence electrons. The van der Waals surface area contributed by atoms with Crippen molar-refractivity contribution in [3.63, 3.8) is 0 Å². The number of amides is 1. The number of rotatable bonds is 4. The lowest BCUT2D eigenvalue weighted by Crippen LogP contribution is -2.22. The predicted molar refractivity (Wildman–Crippen MR) is 75.7 cm³/mol. The molecule has 0 saturated carbocycles. The lowest BCUT2D eigenvalue weighted by Gasteiger charge is -2.22. The van der Waals surface area contributed by atoms with Gasteiger partial charge in [-0.25, -0.2) is 4.98 Å². The van der Waals surface area contributed by atoms with Crippen LogP contribution in [0.4, 0.5) is 11.5 Å². The van der Waals surface area contributed by atoms with E-state index in [2.05, 4.69) is 10.3 Å². The van der Waals surface area contributed by atoms with Gasteiger partial charge in [0.15, 0.2) is 0 Å². The SMILES string of the molecule is NC(=O)c1cc(N)cnc1NCC1CCSCC1. The number of carbonyl (C=O) groups excluding carboxylic acids is 1. The Hall–Kier alpha value is -1.43. The van der Waals surface area contributed by atoms with Crippen LogP contribution in [0.5, 0.6) is 0 Å².